The molecule has 2 aromatic rings. The van der Waals surface area contributed by atoms with E-state index in [0.717, 1.165) is 23.8 Å². The van der Waals surface area contributed by atoms with Gasteiger partial charge in [-0.3, -0.25) is 13.9 Å². The fourth-order valence-corrected chi connectivity index (χ4v) is 5.08. The molecule has 0 saturated heterocycles. The summed E-state index contributed by atoms with van der Waals surface area (Å²) < 4.78 is 31.7. The summed E-state index contributed by atoms with van der Waals surface area (Å²) in [5, 5.41) is 2.91. The van der Waals surface area contributed by atoms with Crippen molar-refractivity contribution in [3.05, 3.63) is 59.7 Å². The van der Waals surface area contributed by atoms with Crippen LogP contribution in [0.15, 0.2) is 48.5 Å². The lowest BCUT2D eigenvalue weighted by atomic mass is 10.1. The number of para-hydroxylation sites is 2. The summed E-state index contributed by atoms with van der Waals surface area (Å²) >= 11 is 0. The van der Waals surface area contributed by atoms with Crippen LogP contribution in [0.1, 0.15) is 50.7 Å². The van der Waals surface area contributed by atoms with Crippen molar-refractivity contribution in [1.82, 2.24) is 10.2 Å². The van der Waals surface area contributed by atoms with E-state index in [0.29, 0.717) is 37.4 Å². The summed E-state index contributed by atoms with van der Waals surface area (Å²) in [4.78, 5) is 28.0. The van der Waals surface area contributed by atoms with Gasteiger partial charge in [-0.1, -0.05) is 55.8 Å². The van der Waals surface area contributed by atoms with Gasteiger partial charge in [0.2, 0.25) is 21.8 Å². The number of aryl methyl sites for hydroxylation is 1. The van der Waals surface area contributed by atoms with Crippen LogP contribution in [0.25, 0.3) is 0 Å². The van der Waals surface area contributed by atoms with E-state index in [1.54, 1.807) is 29.2 Å². The van der Waals surface area contributed by atoms with Gasteiger partial charge in [0, 0.05) is 26.1 Å². The number of rotatable bonds is 14. The van der Waals surface area contributed by atoms with E-state index < -0.39 is 16.1 Å². The number of nitrogens with zero attached hydrogens (tertiary/aromatic N) is 2. The Bertz CT molecular complexity index is 1120. The van der Waals surface area contributed by atoms with Crippen LogP contribution >= 0.6 is 0 Å². The molecule has 0 bridgehead atoms. The number of carbonyl (C=O) groups is 2. The van der Waals surface area contributed by atoms with Gasteiger partial charge in [0.1, 0.15) is 11.8 Å². The van der Waals surface area contributed by atoms with E-state index in [1.807, 2.05) is 45.0 Å². The monoisotopic (exact) mass is 517 g/mol. The molecule has 0 unspecified atom stereocenters. The van der Waals surface area contributed by atoms with Crippen molar-refractivity contribution in [3.63, 3.8) is 0 Å². The lowest BCUT2D eigenvalue weighted by Gasteiger charge is -2.31. The highest BCUT2D eigenvalue weighted by Gasteiger charge is 2.29. The first kappa shape index (κ1) is 29.2. The normalized spacial score (nSPS) is 12.0. The molecule has 198 valence electrons. The lowest BCUT2D eigenvalue weighted by Crippen LogP contribution is -2.49. The van der Waals surface area contributed by atoms with Crippen LogP contribution in [0.3, 0.4) is 0 Å². The largest absolute Gasteiger partial charge is 0.495 e. The maximum Gasteiger partial charge on any atom is 0.242 e. The molecule has 1 N–H and O–H groups in total. The van der Waals surface area contributed by atoms with Gasteiger partial charge in [-0.05, 0) is 43.9 Å². The number of ether oxygens (including phenoxy) is 1. The topological polar surface area (TPSA) is 96.0 Å². The minimum Gasteiger partial charge on any atom is -0.495 e. The third-order valence-corrected chi connectivity index (χ3v) is 7.06. The van der Waals surface area contributed by atoms with Crippen molar-refractivity contribution in [1.29, 1.82) is 0 Å². The van der Waals surface area contributed by atoms with E-state index in [-0.39, 0.29) is 24.8 Å². The number of amides is 2. The van der Waals surface area contributed by atoms with Crippen LogP contribution < -0.4 is 14.4 Å². The molecule has 0 radical (unpaired) electrons. The molecular formula is C27H39N3O5S. The highest BCUT2D eigenvalue weighted by atomic mass is 32.2. The van der Waals surface area contributed by atoms with E-state index >= 15 is 0 Å². The smallest absolute Gasteiger partial charge is 0.242 e. The molecule has 0 fully saturated rings. The Balaban J connectivity index is 2.23. The SMILES string of the molecule is CCCNC(=O)[C@@H](CC)N(Cc1cccc(C)c1)C(=O)CCCN(c1ccccc1OC)S(C)(=O)=O. The summed E-state index contributed by atoms with van der Waals surface area (Å²) in [6.07, 6.45) is 2.81. The first-order valence-electron chi connectivity index (χ1n) is 12.4. The number of carbonyl (C=O) groups excluding carboxylic acids is 2. The van der Waals surface area contributed by atoms with Crippen LogP contribution in [0.5, 0.6) is 5.75 Å². The second kappa shape index (κ2) is 13.9. The van der Waals surface area contributed by atoms with Gasteiger partial charge in [-0.2, -0.15) is 0 Å². The lowest BCUT2D eigenvalue weighted by molar-refractivity contribution is -0.141. The van der Waals surface area contributed by atoms with Gasteiger partial charge in [0.15, 0.2) is 0 Å². The number of sulfonamides is 1. The van der Waals surface area contributed by atoms with E-state index in [4.69, 9.17) is 4.74 Å². The fraction of sp³-hybridized carbons (Fsp3) is 0.481. The van der Waals surface area contributed by atoms with Crippen molar-refractivity contribution in [2.24, 2.45) is 0 Å². The maximum absolute atomic E-state index is 13.5. The van der Waals surface area contributed by atoms with Gasteiger partial charge >= 0.3 is 0 Å². The van der Waals surface area contributed by atoms with Gasteiger partial charge in [0.25, 0.3) is 0 Å². The van der Waals surface area contributed by atoms with Crippen LogP contribution in [0, 0.1) is 6.92 Å². The minimum absolute atomic E-state index is 0.102. The maximum atomic E-state index is 13.5. The third kappa shape index (κ3) is 8.26. The van der Waals surface area contributed by atoms with Gasteiger partial charge in [0.05, 0.1) is 19.1 Å². The number of anilines is 1. The van der Waals surface area contributed by atoms with Crippen molar-refractivity contribution >= 4 is 27.5 Å². The van der Waals surface area contributed by atoms with E-state index in [1.165, 1.54) is 11.4 Å². The Morgan fingerprint density at radius 2 is 1.81 bits per heavy atom. The molecule has 8 nitrogen and oxygen atoms in total. The van der Waals surface area contributed by atoms with E-state index in [2.05, 4.69) is 5.32 Å². The summed E-state index contributed by atoms with van der Waals surface area (Å²) in [6, 6.07) is 14.1. The number of methoxy groups -OCH3 is 1. The Hall–Kier alpha value is -3.07. The molecule has 2 aromatic carbocycles. The molecule has 0 heterocycles. The molecule has 0 aliphatic rings. The molecule has 36 heavy (non-hydrogen) atoms. The summed E-state index contributed by atoms with van der Waals surface area (Å²) in [6.45, 7) is 6.82. The molecule has 0 aliphatic carbocycles. The zero-order chi connectivity index (χ0) is 26.7. The first-order chi connectivity index (χ1) is 17.1. The van der Waals surface area contributed by atoms with E-state index in [9.17, 15) is 18.0 Å². The molecular weight excluding hydrogens is 478 g/mol. The Morgan fingerprint density at radius 3 is 2.42 bits per heavy atom. The first-order valence-corrected chi connectivity index (χ1v) is 14.2. The average Bonchev–Trinajstić information content (AvgIpc) is 2.84. The Morgan fingerprint density at radius 1 is 1.08 bits per heavy atom. The predicted molar refractivity (Wildman–Crippen MR) is 144 cm³/mol. The summed E-state index contributed by atoms with van der Waals surface area (Å²) in [5.41, 5.74) is 2.44. The zero-order valence-corrected chi connectivity index (χ0v) is 22.8. The molecule has 2 rings (SSSR count). The van der Waals surface area contributed by atoms with Gasteiger partial charge in [-0.15, -0.1) is 0 Å². The molecule has 0 saturated carbocycles. The quantitative estimate of drug-likeness (QED) is 0.410. The molecule has 0 aromatic heterocycles. The van der Waals surface area contributed by atoms with Crippen LogP contribution in [-0.2, 0) is 26.2 Å². The molecule has 2 amide bonds. The molecule has 0 aliphatic heterocycles. The average molecular weight is 518 g/mol. The van der Waals surface area contributed by atoms with Gasteiger partial charge < -0.3 is 15.0 Å². The predicted octanol–water partition coefficient (Wildman–Crippen LogP) is 3.88. The van der Waals surface area contributed by atoms with Crippen molar-refractivity contribution in [3.8, 4) is 5.75 Å². The number of hydrogen-bond acceptors (Lipinski definition) is 5. The second-order valence-electron chi connectivity index (χ2n) is 8.84. The fourth-order valence-electron chi connectivity index (χ4n) is 4.11. The zero-order valence-electron chi connectivity index (χ0n) is 22.0. The number of nitrogens with one attached hydrogen (secondary N) is 1. The summed E-state index contributed by atoms with van der Waals surface area (Å²) in [5.74, 6) is 0.0737. The highest BCUT2D eigenvalue weighted by molar-refractivity contribution is 7.92. The Kier molecular flexibility index (Phi) is 11.2. The molecule has 0 spiro atoms. The highest BCUT2D eigenvalue weighted by Crippen LogP contribution is 2.29. The summed E-state index contributed by atoms with van der Waals surface area (Å²) in [7, 11) is -2.12. The number of hydrogen-bond donors (Lipinski definition) is 1. The number of benzene rings is 2. The van der Waals surface area contributed by atoms with Crippen LogP contribution in [0.2, 0.25) is 0 Å². The molecule has 9 heteroatoms. The van der Waals surface area contributed by atoms with Crippen LogP contribution in [0.4, 0.5) is 5.69 Å². The van der Waals surface area contributed by atoms with Crippen molar-refractivity contribution < 1.29 is 22.7 Å². The standard InChI is InChI=1S/C27H39N3O5S/c1-6-17-28-27(32)23(7-2)29(20-22-13-10-12-21(3)19-22)26(31)16-11-18-30(36(5,33)34)24-14-8-9-15-25(24)35-4/h8-10,12-15,19,23H,6-7,11,16-18,20H2,1-5H3,(H,28,32)/t23-/m1/s1. The Labute approximate surface area is 215 Å². The van der Waals surface area contributed by atoms with Crippen molar-refractivity contribution in [2.45, 2.75) is 59.0 Å². The molecule has 1 atom stereocenters. The second-order valence-corrected chi connectivity index (χ2v) is 10.7. The third-order valence-electron chi connectivity index (χ3n) is 5.88. The minimum atomic E-state index is -3.60. The van der Waals surface area contributed by atoms with Gasteiger partial charge in [-0.25, -0.2) is 8.42 Å². The van der Waals surface area contributed by atoms with Crippen LogP contribution in [-0.4, -0.2) is 57.6 Å². The van der Waals surface area contributed by atoms with Crippen molar-refractivity contribution in [2.75, 3.05) is 30.8 Å².